The Bertz CT molecular complexity index is 346. The monoisotopic (exact) mass is 234 g/mol. The maximum absolute atomic E-state index is 5.90. The van der Waals surface area contributed by atoms with Crippen LogP contribution in [0.4, 0.5) is 0 Å². The molecule has 1 aliphatic rings. The van der Waals surface area contributed by atoms with Gasteiger partial charge in [0.15, 0.2) is 0 Å². The lowest BCUT2D eigenvalue weighted by Gasteiger charge is -2.27. The SMILES string of the molecule is CCOc1ccc(C(CN)N(C)C2CC2)cc1. The lowest BCUT2D eigenvalue weighted by Crippen LogP contribution is -2.32. The van der Waals surface area contributed by atoms with Crippen LogP contribution in [0, 0.1) is 0 Å². The second kappa shape index (κ2) is 5.52. The van der Waals surface area contributed by atoms with Crippen LogP contribution in [0.1, 0.15) is 31.4 Å². The van der Waals surface area contributed by atoms with E-state index in [1.54, 1.807) is 0 Å². The fourth-order valence-electron chi connectivity index (χ4n) is 2.23. The molecule has 17 heavy (non-hydrogen) atoms. The van der Waals surface area contributed by atoms with Crippen molar-refractivity contribution in [3.63, 3.8) is 0 Å². The molecule has 94 valence electrons. The number of rotatable bonds is 6. The zero-order chi connectivity index (χ0) is 12.3. The molecule has 1 unspecified atom stereocenters. The summed E-state index contributed by atoms with van der Waals surface area (Å²) in [7, 11) is 2.17. The van der Waals surface area contributed by atoms with Gasteiger partial charge in [-0.25, -0.2) is 0 Å². The summed E-state index contributed by atoms with van der Waals surface area (Å²) in [5.74, 6) is 0.932. The largest absolute Gasteiger partial charge is 0.494 e. The fraction of sp³-hybridized carbons (Fsp3) is 0.571. The first kappa shape index (κ1) is 12.4. The number of hydrogen-bond acceptors (Lipinski definition) is 3. The predicted molar refractivity (Wildman–Crippen MR) is 70.2 cm³/mol. The maximum Gasteiger partial charge on any atom is 0.119 e. The van der Waals surface area contributed by atoms with E-state index in [2.05, 4.69) is 24.1 Å². The van der Waals surface area contributed by atoms with Gasteiger partial charge in [0.2, 0.25) is 0 Å². The summed E-state index contributed by atoms with van der Waals surface area (Å²) >= 11 is 0. The van der Waals surface area contributed by atoms with Crippen molar-refractivity contribution >= 4 is 0 Å². The minimum absolute atomic E-state index is 0.332. The molecule has 0 heterocycles. The third-order valence-electron chi connectivity index (χ3n) is 3.41. The summed E-state index contributed by atoms with van der Waals surface area (Å²) in [6, 6.07) is 9.38. The van der Waals surface area contributed by atoms with E-state index in [0.29, 0.717) is 19.2 Å². The lowest BCUT2D eigenvalue weighted by atomic mass is 10.1. The molecule has 1 fully saturated rings. The number of likely N-dealkylation sites (N-methyl/N-ethyl adjacent to an activating group) is 1. The minimum atomic E-state index is 0.332. The average molecular weight is 234 g/mol. The van der Waals surface area contributed by atoms with Crippen molar-refractivity contribution in [2.45, 2.75) is 31.8 Å². The number of nitrogens with two attached hydrogens (primary N) is 1. The predicted octanol–water partition coefficient (Wildman–Crippen LogP) is 2.18. The molecular weight excluding hydrogens is 212 g/mol. The molecule has 2 rings (SSSR count). The highest BCUT2D eigenvalue weighted by Gasteiger charge is 2.31. The van der Waals surface area contributed by atoms with Gasteiger partial charge in [0, 0.05) is 18.6 Å². The summed E-state index contributed by atoms with van der Waals surface area (Å²) in [6.45, 7) is 3.38. The Morgan fingerprint density at radius 1 is 1.35 bits per heavy atom. The van der Waals surface area contributed by atoms with Gasteiger partial charge in [-0.05, 0) is 44.5 Å². The van der Waals surface area contributed by atoms with E-state index >= 15 is 0 Å². The number of hydrogen-bond donors (Lipinski definition) is 1. The van der Waals surface area contributed by atoms with E-state index in [4.69, 9.17) is 10.5 Å². The van der Waals surface area contributed by atoms with E-state index in [1.165, 1.54) is 18.4 Å². The smallest absolute Gasteiger partial charge is 0.119 e. The van der Waals surface area contributed by atoms with Gasteiger partial charge in [0.1, 0.15) is 5.75 Å². The highest BCUT2D eigenvalue weighted by atomic mass is 16.5. The fourth-order valence-corrected chi connectivity index (χ4v) is 2.23. The average Bonchev–Trinajstić information content (AvgIpc) is 3.16. The van der Waals surface area contributed by atoms with Crippen LogP contribution >= 0.6 is 0 Å². The number of ether oxygens (including phenoxy) is 1. The van der Waals surface area contributed by atoms with Crippen molar-refractivity contribution in [2.75, 3.05) is 20.2 Å². The van der Waals surface area contributed by atoms with E-state index in [1.807, 2.05) is 19.1 Å². The molecule has 0 aromatic heterocycles. The van der Waals surface area contributed by atoms with Crippen molar-refractivity contribution in [3.8, 4) is 5.75 Å². The van der Waals surface area contributed by atoms with Crippen LogP contribution in [0.5, 0.6) is 5.75 Å². The van der Waals surface area contributed by atoms with Crippen LogP contribution in [-0.4, -0.2) is 31.1 Å². The van der Waals surface area contributed by atoms with E-state index in [-0.39, 0.29) is 0 Å². The van der Waals surface area contributed by atoms with Crippen molar-refractivity contribution in [3.05, 3.63) is 29.8 Å². The van der Waals surface area contributed by atoms with Crippen LogP contribution < -0.4 is 10.5 Å². The zero-order valence-electron chi connectivity index (χ0n) is 10.7. The van der Waals surface area contributed by atoms with Gasteiger partial charge in [-0.2, -0.15) is 0 Å². The van der Waals surface area contributed by atoms with Gasteiger partial charge in [-0.15, -0.1) is 0 Å². The molecule has 1 atom stereocenters. The maximum atomic E-state index is 5.90. The summed E-state index contributed by atoms with van der Waals surface area (Å²) in [5, 5.41) is 0. The molecule has 1 saturated carbocycles. The van der Waals surface area contributed by atoms with Gasteiger partial charge >= 0.3 is 0 Å². The Kier molecular flexibility index (Phi) is 4.02. The van der Waals surface area contributed by atoms with Crippen molar-refractivity contribution in [2.24, 2.45) is 5.73 Å². The molecule has 1 aliphatic carbocycles. The highest BCUT2D eigenvalue weighted by Crippen LogP contribution is 2.32. The quantitative estimate of drug-likeness (QED) is 0.820. The van der Waals surface area contributed by atoms with Gasteiger partial charge < -0.3 is 10.5 Å². The van der Waals surface area contributed by atoms with Crippen LogP contribution in [0.15, 0.2) is 24.3 Å². The number of benzene rings is 1. The van der Waals surface area contributed by atoms with Crippen LogP contribution in [-0.2, 0) is 0 Å². The Labute approximate surface area is 104 Å². The lowest BCUT2D eigenvalue weighted by molar-refractivity contribution is 0.240. The first-order valence-electron chi connectivity index (χ1n) is 6.41. The Balaban J connectivity index is 2.07. The summed E-state index contributed by atoms with van der Waals surface area (Å²) in [5.41, 5.74) is 7.18. The molecular formula is C14H22N2O. The van der Waals surface area contributed by atoms with Crippen molar-refractivity contribution in [1.82, 2.24) is 4.90 Å². The third-order valence-corrected chi connectivity index (χ3v) is 3.41. The Morgan fingerprint density at radius 2 is 2.00 bits per heavy atom. The molecule has 0 radical (unpaired) electrons. The summed E-state index contributed by atoms with van der Waals surface area (Å²) < 4.78 is 5.45. The first-order valence-corrected chi connectivity index (χ1v) is 6.41. The summed E-state index contributed by atoms with van der Waals surface area (Å²) in [6.07, 6.45) is 2.62. The molecule has 2 N–H and O–H groups in total. The van der Waals surface area contributed by atoms with Crippen molar-refractivity contribution in [1.29, 1.82) is 0 Å². The molecule has 1 aromatic carbocycles. The minimum Gasteiger partial charge on any atom is -0.494 e. The molecule has 3 nitrogen and oxygen atoms in total. The second-order valence-electron chi connectivity index (χ2n) is 4.65. The molecule has 0 aliphatic heterocycles. The van der Waals surface area contributed by atoms with E-state index in [0.717, 1.165) is 11.8 Å². The van der Waals surface area contributed by atoms with Crippen LogP contribution in [0.25, 0.3) is 0 Å². The van der Waals surface area contributed by atoms with Crippen LogP contribution in [0.3, 0.4) is 0 Å². The van der Waals surface area contributed by atoms with Gasteiger partial charge in [0.05, 0.1) is 6.61 Å². The summed E-state index contributed by atoms with van der Waals surface area (Å²) in [4.78, 5) is 2.40. The van der Waals surface area contributed by atoms with Gasteiger partial charge in [-0.3, -0.25) is 4.90 Å². The number of nitrogens with zero attached hydrogens (tertiary/aromatic N) is 1. The van der Waals surface area contributed by atoms with E-state index < -0.39 is 0 Å². The molecule has 0 spiro atoms. The molecule has 0 bridgehead atoms. The van der Waals surface area contributed by atoms with Gasteiger partial charge in [0.25, 0.3) is 0 Å². The van der Waals surface area contributed by atoms with Crippen LogP contribution in [0.2, 0.25) is 0 Å². The zero-order valence-corrected chi connectivity index (χ0v) is 10.7. The third kappa shape index (κ3) is 2.99. The normalized spacial score (nSPS) is 17.2. The molecule has 3 heteroatoms. The Hall–Kier alpha value is -1.06. The topological polar surface area (TPSA) is 38.5 Å². The van der Waals surface area contributed by atoms with Gasteiger partial charge in [-0.1, -0.05) is 12.1 Å². The molecule has 0 saturated heterocycles. The molecule has 1 aromatic rings. The van der Waals surface area contributed by atoms with Crippen molar-refractivity contribution < 1.29 is 4.74 Å². The van der Waals surface area contributed by atoms with E-state index in [9.17, 15) is 0 Å². The standard InChI is InChI=1S/C14H22N2O/c1-3-17-13-8-4-11(5-9-13)14(10-15)16(2)12-6-7-12/h4-5,8-9,12,14H,3,6-7,10,15H2,1-2H3. The highest BCUT2D eigenvalue weighted by molar-refractivity contribution is 5.29. The second-order valence-corrected chi connectivity index (χ2v) is 4.65. The Morgan fingerprint density at radius 3 is 2.47 bits per heavy atom. The first-order chi connectivity index (χ1) is 8.26. The molecule has 0 amide bonds.